The quantitative estimate of drug-likeness (QED) is 0.499. The highest BCUT2D eigenvalue weighted by atomic mass is 35.5. The fourth-order valence-electron chi connectivity index (χ4n) is 2.18. The monoisotopic (exact) mass is 482 g/mol. The zero-order valence-electron chi connectivity index (χ0n) is 15.5. The molecule has 0 bridgehead atoms. The lowest BCUT2D eigenvalue weighted by molar-refractivity contribution is 0.0536. The SMILES string of the molecule is CC(CCl)COc1ccc(S(=O)(=O)c2ccc(OCC(O)CO)c(Cl)c2)cc1Cl. The number of halogens is 3. The molecular weight excluding hydrogens is 463 g/mol. The summed E-state index contributed by atoms with van der Waals surface area (Å²) in [7, 11) is -3.88. The summed E-state index contributed by atoms with van der Waals surface area (Å²) in [6.45, 7) is 1.63. The fourth-order valence-corrected chi connectivity index (χ4v) is 4.18. The number of alkyl halides is 1. The summed E-state index contributed by atoms with van der Waals surface area (Å²) in [5, 5.41) is 18.4. The van der Waals surface area contributed by atoms with Crippen molar-refractivity contribution >= 4 is 44.6 Å². The molecule has 0 saturated carbocycles. The molecule has 2 N–H and O–H groups in total. The van der Waals surface area contributed by atoms with E-state index in [0.717, 1.165) is 0 Å². The summed E-state index contributed by atoms with van der Waals surface area (Å²) in [5.74, 6) is 1.11. The van der Waals surface area contributed by atoms with Crippen molar-refractivity contribution in [2.75, 3.05) is 25.7 Å². The maximum Gasteiger partial charge on any atom is 0.206 e. The van der Waals surface area contributed by atoms with Gasteiger partial charge in [-0.3, -0.25) is 0 Å². The van der Waals surface area contributed by atoms with Gasteiger partial charge >= 0.3 is 0 Å². The van der Waals surface area contributed by atoms with E-state index in [2.05, 4.69) is 0 Å². The minimum atomic E-state index is -3.88. The lowest BCUT2D eigenvalue weighted by atomic mass is 10.2. The summed E-state index contributed by atoms with van der Waals surface area (Å²) in [6, 6.07) is 8.17. The Kier molecular flexibility index (Phi) is 8.88. The van der Waals surface area contributed by atoms with Crippen molar-refractivity contribution in [2.45, 2.75) is 22.8 Å². The average molecular weight is 484 g/mol. The van der Waals surface area contributed by atoms with Crippen molar-refractivity contribution < 1.29 is 28.1 Å². The molecule has 2 aromatic carbocycles. The number of hydrogen-bond acceptors (Lipinski definition) is 6. The van der Waals surface area contributed by atoms with Gasteiger partial charge in [-0.05, 0) is 36.4 Å². The molecule has 0 aliphatic heterocycles. The molecule has 10 heteroatoms. The number of sulfone groups is 1. The predicted octanol–water partition coefficient (Wildman–Crippen LogP) is 3.81. The van der Waals surface area contributed by atoms with Gasteiger partial charge in [0.1, 0.15) is 24.2 Å². The smallest absolute Gasteiger partial charge is 0.206 e. The molecule has 2 aromatic rings. The number of aliphatic hydroxyl groups is 2. The van der Waals surface area contributed by atoms with Crippen LogP contribution in [-0.2, 0) is 9.84 Å². The zero-order chi connectivity index (χ0) is 21.6. The number of ether oxygens (including phenoxy) is 2. The van der Waals surface area contributed by atoms with E-state index in [0.29, 0.717) is 18.2 Å². The number of aliphatic hydroxyl groups excluding tert-OH is 2. The van der Waals surface area contributed by atoms with Crippen LogP contribution in [0.25, 0.3) is 0 Å². The summed E-state index contributed by atoms with van der Waals surface area (Å²) in [5.41, 5.74) is 0. The summed E-state index contributed by atoms with van der Waals surface area (Å²) < 4.78 is 36.6. The number of hydrogen-bond donors (Lipinski definition) is 2. The van der Waals surface area contributed by atoms with Crippen LogP contribution in [0.15, 0.2) is 46.2 Å². The largest absolute Gasteiger partial charge is 0.492 e. The van der Waals surface area contributed by atoms with E-state index < -0.39 is 22.5 Å². The van der Waals surface area contributed by atoms with Gasteiger partial charge in [0, 0.05) is 11.8 Å². The Bertz CT molecular complexity index is 866. The molecule has 0 radical (unpaired) electrons. The molecule has 2 rings (SSSR count). The van der Waals surface area contributed by atoms with E-state index in [1.54, 1.807) is 0 Å². The van der Waals surface area contributed by atoms with Crippen LogP contribution in [0.2, 0.25) is 10.0 Å². The molecule has 0 saturated heterocycles. The van der Waals surface area contributed by atoms with Crippen molar-refractivity contribution in [1.82, 2.24) is 0 Å². The molecular formula is C19H21Cl3O6S. The van der Waals surface area contributed by atoms with Gasteiger partial charge in [0.05, 0.1) is 33.0 Å². The van der Waals surface area contributed by atoms with Gasteiger partial charge in [0.25, 0.3) is 0 Å². The lowest BCUT2D eigenvalue weighted by Gasteiger charge is -2.14. The normalized spacial score (nSPS) is 13.7. The van der Waals surface area contributed by atoms with Gasteiger partial charge < -0.3 is 19.7 Å². The first-order valence-corrected chi connectivity index (χ1v) is 11.4. The van der Waals surface area contributed by atoms with Gasteiger partial charge in [0.2, 0.25) is 9.84 Å². The van der Waals surface area contributed by atoms with E-state index >= 15 is 0 Å². The third kappa shape index (κ3) is 6.38. The molecule has 2 unspecified atom stereocenters. The molecule has 160 valence electrons. The first-order chi connectivity index (χ1) is 13.7. The molecule has 0 fully saturated rings. The van der Waals surface area contributed by atoms with Crippen LogP contribution in [0.3, 0.4) is 0 Å². The molecule has 6 nitrogen and oxygen atoms in total. The fraction of sp³-hybridized carbons (Fsp3) is 0.368. The molecule has 0 aromatic heterocycles. The Hall–Kier alpha value is -1.22. The Morgan fingerprint density at radius 1 is 0.966 bits per heavy atom. The van der Waals surface area contributed by atoms with Crippen LogP contribution in [-0.4, -0.2) is 50.4 Å². The predicted molar refractivity (Wildman–Crippen MR) is 112 cm³/mol. The van der Waals surface area contributed by atoms with Crippen molar-refractivity contribution in [3.8, 4) is 11.5 Å². The lowest BCUT2D eigenvalue weighted by Crippen LogP contribution is -2.21. The van der Waals surface area contributed by atoms with Crippen LogP contribution in [0.1, 0.15) is 6.92 Å². The Labute approximate surface area is 184 Å². The van der Waals surface area contributed by atoms with E-state index in [-0.39, 0.29) is 38.1 Å². The van der Waals surface area contributed by atoms with Crippen LogP contribution in [0, 0.1) is 5.92 Å². The number of rotatable bonds is 10. The first-order valence-electron chi connectivity index (χ1n) is 8.63. The summed E-state index contributed by atoms with van der Waals surface area (Å²) >= 11 is 18.0. The second-order valence-electron chi connectivity index (χ2n) is 6.41. The Morgan fingerprint density at radius 2 is 1.45 bits per heavy atom. The van der Waals surface area contributed by atoms with Crippen molar-refractivity contribution in [2.24, 2.45) is 5.92 Å². The van der Waals surface area contributed by atoms with Gasteiger partial charge in [-0.1, -0.05) is 30.1 Å². The molecule has 0 spiro atoms. The van der Waals surface area contributed by atoms with Crippen LogP contribution in [0.5, 0.6) is 11.5 Å². The van der Waals surface area contributed by atoms with E-state index in [9.17, 15) is 13.5 Å². The maximum absolute atomic E-state index is 12.9. The molecule has 0 heterocycles. The van der Waals surface area contributed by atoms with E-state index in [1.807, 2.05) is 6.92 Å². The van der Waals surface area contributed by atoms with Crippen LogP contribution < -0.4 is 9.47 Å². The van der Waals surface area contributed by atoms with Crippen molar-refractivity contribution in [3.05, 3.63) is 46.4 Å². The molecule has 29 heavy (non-hydrogen) atoms. The highest BCUT2D eigenvalue weighted by Crippen LogP contribution is 2.33. The molecule has 2 atom stereocenters. The summed E-state index contributed by atoms with van der Waals surface area (Å²) in [4.78, 5) is -0.0567. The minimum absolute atomic E-state index is 0.0133. The van der Waals surface area contributed by atoms with E-state index in [1.165, 1.54) is 36.4 Å². The second-order valence-corrected chi connectivity index (χ2v) is 9.48. The van der Waals surface area contributed by atoms with Gasteiger partial charge in [-0.15, -0.1) is 11.6 Å². The topological polar surface area (TPSA) is 93.1 Å². The van der Waals surface area contributed by atoms with Gasteiger partial charge in [-0.25, -0.2) is 8.42 Å². The third-order valence-electron chi connectivity index (χ3n) is 3.86. The molecule has 0 aliphatic rings. The highest BCUT2D eigenvalue weighted by Gasteiger charge is 2.21. The average Bonchev–Trinajstić information content (AvgIpc) is 2.71. The first kappa shape index (κ1) is 24.1. The zero-order valence-corrected chi connectivity index (χ0v) is 18.6. The van der Waals surface area contributed by atoms with Crippen molar-refractivity contribution in [1.29, 1.82) is 0 Å². The van der Waals surface area contributed by atoms with Gasteiger partial charge in [0.15, 0.2) is 0 Å². The molecule has 0 amide bonds. The van der Waals surface area contributed by atoms with Gasteiger partial charge in [-0.2, -0.15) is 0 Å². The standard InChI is InChI=1S/C19H21Cl3O6S/c1-12(8-20)10-27-18-4-2-14(6-16(18)21)29(25,26)15-3-5-19(17(22)7-15)28-11-13(24)9-23/h2-7,12-13,23-24H,8-11H2,1H3. The number of benzene rings is 2. The third-order valence-corrected chi connectivity index (χ3v) is 6.72. The van der Waals surface area contributed by atoms with Crippen LogP contribution in [0.4, 0.5) is 0 Å². The minimum Gasteiger partial charge on any atom is -0.492 e. The highest BCUT2D eigenvalue weighted by molar-refractivity contribution is 7.91. The summed E-state index contributed by atoms with van der Waals surface area (Å²) in [6.07, 6.45) is -1.07. The Morgan fingerprint density at radius 3 is 1.86 bits per heavy atom. The van der Waals surface area contributed by atoms with Crippen molar-refractivity contribution in [3.63, 3.8) is 0 Å². The van der Waals surface area contributed by atoms with Crippen LogP contribution >= 0.6 is 34.8 Å². The van der Waals surface area contributed by atoms with E-state index in [4.69, 9.17) is 49.4 Å². The second kappa shape index (κ2) is 10.7. The maximum atomic E-state index is 12.9. The Balaban J connectivity index is 2.21. The molecule has 0 aliphatic carbocycles.